The van der Waals surface area contributed by atoms with Crippen LogP contribution in [0, 0.1) is 0 Å². The Hall–Kier alpha value is -2.18. The first kappa shape index (κ1) is 15.9. The highest BCUT2D eigenvalue weighted by atomic mass is 16.5. The predicted molar refractivity (Wildman–Crippen MR) is 74.4 cm³/mol. The van der Waals surface area contributed by atoms with Crippen molar-refractivity contribution in [1.29, 1.82) is 0 Å². The molecule has 1 rings (SSSR count). The molecule has 1 aromatic rings. The summed E-state index contributed by atoms with van der Waals surface area (Å²) < 4.78 is 4.52. The molecule has 0 aromatic carbocycles. The minimum Gasteiger partial charge on any atom is -0.464 e. The van der Waals surface area contributed by atoms with E-state index in [9.17, 15) is 9.59 Å². The molecule has 7 heteroatoms. The lowest BCUT2D eigenvalue weighted by Gasteiger charge is -2.11. The molecule has 0 saturated carbocycles. The fourth-order valence-electron chi connectivity index (χ4n) is 1.39. The number of anilines is 1. The van der Waals surface area contributed by atoms with Crippen molar-refractivity contribution in [3.05, 3.63) is 17.8 Å². The zero-order valence-electron chi connectivity index (χ0n) is 12.0. The van der Waals surface area contributed by atoms with Gasteiger partial charge in [-0.05, 0) is 25.5 Å². The lowest BCUT2D eigenvalue weighted by molar-refractivity contribution is -0.121. The largest absolute Gasteiger partial charge is 0.464 e. The smallest absolute Gasteiger partial charge is 0.358 e. The van der Waals surface area contributed by atoms with E-state index in [0.717, 1.165) is 6.42 Å². The average molecular weight is 280 g/mol. The molecule has 1 unspecified atom stereocenters. The molecule has 0 aliphatic carbocycles. The number of hydrogen-bond donors (Lipinski definition) is 2. The summed E-state index contributed by atoms with van der Waals surface area (Å²) in [5.41, 5.74) is 0.146. The van der Waals surface area contributed by atoms with Gasteiger partial charge in [0, 0.05) is 19.0 Å². The van der Waals surface area contributed by atoms with E-state index in [0.29, 0.717) is 18.8 Å². The van der Waals surface area contributed by atoms with E-state index >= 15 is 0 Å². The molecule has 0 bridgehead atoms. The van der Waals surface area contributed by atoms with E-state index in [2.05, 4.69) is 25.6 Å². The second-order valence-electron chi connectivity index (χ2n) is 4.35. The first-order valence-corrected chi connectivity index (χ1v) is 6.52. The highest BCUT2D eigenvalue weighted by Crippen LogP contribution is 2.03. The van der Waals surface area contributed by atoms with Gasteiger partial charge in [0.25, 0.3) is 0 Å². The Morgan fingerprint density at radius 2 is 2.10 bits per heavy atom. The van der Waals surface area contributed by atoms with Gasteiger partial charge in [-0.15, -0.1) is 10.2 Å². The molecule has 0 aliphatic heterocycles. The van der Waals surface area contributed by atoms with Crippen LogP contribution in [0.15, 0.2) is 12.1 Å². The molecule has 1 heterocycles. The van der Waals surface area contributed by atoms with Crippen LogP contribution in [0.2, 0.25) is 0 Å². The fourth-order valence-corrected chi connectivity index (χ4v) is 1.39. The van der Waals surface area contributed by atoms with Crippen LogP contribution >= 0.6 is 0 Å². The molecule has 0 spiro atoms. The van der Waals surface area contributed by atoms with Gasteiger partial charge in [0.2, 0.25) is 5.91 Å². The number of ether oxygens (including phenoxy) is 1. The molecule has 0 aliphatic rings. The SMILES string of the molecule is CCC(C)NC(=O)CCNc1ccc(C(=O)OC)nn1. The van der Waals surface area contributed by atoms with Crippen LogP contribution in [0.4, 0.5) is 5.82 Å². The number of rotatable bonds is 7. The highest BCUT2D eigenvalue weighted by molar-refractivity contribution is 5.86. The number of nitrogens with zero attached hydrogens (tertiary/aromatic N) is 2. The average Bonchev–Trinajstić information content (AvgIpc) is 2.47. The zero-order chi connectivity index (χ0) is 15.0. The molecule has 1 atom stereocenters. The van der Waals surface area contributed by atoms with E-state index in [1.54, 1.807) is 6.07 Å². The van der Waals surface area contributed by atoms with Gasteiger partial charge < -0.3 is 15.4 Å². The van der Waals surface area contributed by atoms with Crippen LogP contribution in [0.1, 0.15) is 37.2 Å². The number of amides is 1. The van der Waals surface area contributed by atoms with Crippen LogP contribution in [0.5, 0.6) is 0 Å². The van der Waals surface area contributed by atoms with E-state index in [1.807, 2.05) is 13.8 Å². The number of carbonyl (C=O) groups is 2. The van der Waals surface area contributed by atoms with Crippen molar-refractivity contribution in [3.63, 3.8) is 0 Å². The zero-order valence-corrected chi connectivity index (χ0v) is 12.0. The maximum atomic E-state index is 11.5. The number of nitrogens with one attached hydrogen (secondary N) is 2. The third-order valence-electron chi connectivity index (χ3n) is 2.74. The van der Waals surface area contributed by atoms with Gasteiger partial charge in [0.05, 0.1) is 7.11 Å². The van der Waals surface area contributed by atoms with Gasteiger partial charge in [-0.25, -0.2) is 4.79 Å². The maximum Gasteiger partial charge on any atom is 0.358 e. The van der Waals surface area contributed by atoms with Gasteiger partial charge in [0.1, 0.15) is 5.82 Å². The monoisotopic (exact) mass is 280 g/mol. The molecule has 2 N–H and O–H groups in total. The molecular weight excluding hydrogens is 260 g/mol. The highest BCUT2D eigenvalue weighted by Gasteiger charge is 2.08. The summed E-state index contributed by atoms with van der Waals surface area (Å²) in [6, 6.07) is 3.31. The van der Waals surface area contributed by atoms with E-state index < -0.39 is 5.97 Å². The topological polar surface area (TPSA) is 93.2 Å². The van der Waals surface area contributed by atoms with Gasteiger partial charge in [0.15, 0.2) is 5.69 Å². The van der Waals surface area contributed by atoms with Crippen LogP contribution in [-0.2, 0) is 9.53 Å². The number of hydrogen-bond acceptors (Lipinski definition) is 6. The van der Waals surface area contributed by atoms with E-state index in [1.165, 1.54) is 13.2 Å². The summed E-state index contributed by atoms with van der Waals surface area (Å²) in [5, 5.41) is 13.4. The van der Waals surface area contributed by atoms with Gasteiger partial charge >= 0.3 is 5.97 Å². The molecule has 0 saturated heterocycles. The Labute approximate surface area is 118 Å². The van der Waals surface area contributed by atoms with Crippen LogP contribution in [0.25, 0.3) is 0 Å². The van der Waals surface area contributed by atoms with Crippen molar-refractivity contribution in [2.45, 2.75) is 32.7 Å². The summed E-state index contributed by atoms with van der Waals surface area (Å²) in [7, 11) is 1.28. The molecular formula is C13H20N4O3. The lowest BCUT2D eigenvalue weighted by Crippen LogP contribution is -2.33. The van der Waals surface area contributed by atoms with Crippen molar-refractivity contribution in [2.24, 2.45) is 0 Å². The second kappa shape index (κ2) is 8.08. The molecule has 0 radical (unpaired) electrons. The second-order valence-corrected chi connectivity index (χ2v) is 4.35. The Bertz CT molecular complexity index is 447. The normalized spacial score (nSPS) is 11.6. The van der Waals surface area contributed by atoms with Crippen molar-refractivity contribution >= 4 is 17.7 Å². The number of methoxy groups -OCH3 is 1. The number of carbonyl (C=O) groups excluding carboxylic acids is 2. The Kier molecular flexibility index (Phi) is 6.42. The minimum absolute atomic E-state index is 0.00834. The Morgan fingerprint density at radius 1 is 1.35 bits per heavy atom. The van der Waals surface area contributed by atoms with Crippen LogP contribution in [0.3, 0.4) is 0 Å². The predicted octanol–water partition coefficient (Wildman–Crippen LogP) is 0.980. The minimum atomic E-state index is -0.531. The van der Waals surface area contributed by atoms with Crippen molar-refractivity contribution in [3.8, 4) is 0 Å². The molecule has 110 valence electrons. The third-order valence-corrected chi connectivity index (χ3v) is 2.74. The third kappa shape index (κ3) is 5.21. The van der Waals surface area contributed by atoms with Crippen molar-refractivity contribution in [2.75, 3.05) is 19.0 Å². The summed E-state index contributed by atoms with van der Waals surface area (Å²) in [6.45, 7) is 4.43. The number of aromatic nitrogens is 2. The first-order chi connectivity index (χ1) is 9.56. The Balaban J connectivity index is 2.35. The van der Waals surface area contributed by atoms with E-state index in [4.69, 9.17) is 0 Å². The first-order valence-electron chi connectivity index (χ1n) is 6.52. The number of esters is 1. The maximum absolute atomic E-state index is 11.5. The summed E-state index contributed by atoms with van der Waals surface area (Å²) >= 11 is 0. The standard InChI is InChI=1S/C13H20N4O3/c1-4-9(2)15-12(18)7-8-14-11-6-5-10(16-17-11)13(19)20-3/h5-6,9H,4,7-8H2,1-3H3,(H,14,17)(H,15,18). The molecule has 20 heavy (non-hydrogen) atoms. The van der Waals surface area contributed by atoms with Crippen LogP contribution in [-0.4, -0.2) is 41.8 Å². The van der Waals surface area contributed by atoms with Gasteiger partial charge in [-0.2, -0.15) is 0 Å². The van der Waals surface area contributed by atoms with Gasteiger partial charge in [-0.1, -0.05) is 6.92 Å². The van der Waals surface area contributed by atoms with Gasteiger partial charge in [-0.3, -0.25) is 4.79 Å². The summed E-state index contributed by atoms with van der Waals surface area (Å²) in [6.07, 6.45) is 1.25. The molecule has 1 amide bonds. The lowest BCUT2D eigenvalue weighted by atomic mass is 10.2. The molecule has 1 aromatic heterocycles. The van der Waals surface area contributed by atoms with E-state index in [-0.39, 0.29) is 17.6 Å². The fraction of sp³-hybridized carbons (Fsp3) is 0.538. The molecule has 7 nitrogen and oxygen atoms in total. The molecule has 0 fully saturated rings. The quantitative estimate of drug-likeness (QED) is 0.723. The van der Waals surface area contributed by atoms with Crippen molar-refractivity contribution in [1.82, 2.24) is 15.5 Å². The van der Waals surface area contributed by atoms with Crippen molar-refractivity contribution < 1.29 is 14.3 Å². The van der Waals surface area contributed by atoms with Crippen LogP contribution < -0.4 is 10.6 Å². The Morgan fingerprint density at radius 3 is 2.65 bits per heavy atom. The summed E-state index contributed by atoms with van der Waals surface area (Å²) in [4.78, 5) is 22.7. The summed E-state index contributed by atoms with van der Waals surface area (Å²) in [5.74, 6) is -0.0306.